The molecular formula is C35H28Cl2N2O5S. The molecule has 2 heterocycles. The predicted molar refractivity (Wildman–Crippen MR) is 178 cm³/mol. The summed E-state index contributed by atoms with van der Waals surface area (Å²) in [5, 5.41) is 2.85. The van der Waals surface area contributed by atoms with Crippen LogP contribution in [-0.2, 0) is 16.1 Å². The van der Waals surface area contributed by atoms with E-state index in [0.717, 1.165) is 16.3 Å². The first-order valence-corrected chi connectivity index (χ1v) is 15.8. The number of hydrogen-bond donors (Lipinski definition) is 0. The number of fused-ring (bicyclic) bond motifs is 2. The van der Waals surface area contributed by atoms with Gasteiger partial charge in [-0.25, -0.2) is 9.79 Å². The van der Waals surface area contributed by atoms with Crippen LogP contribution in [-0.4, -0.2) is 24.3 Å². The van der Waals surface area contributed by atoms with E-state index < -0.39 is 12.0 Å². The number of benzene rings is 4. The van der Waals surface area contributed by atoms with E-state index in [1.165, 1.54) is 11.3 Å². The van der Waals surface area contributed by atoms with E-state index in [0.29, 0.717) is 47.7 Å². The van der Waals surface area contributed by atoms with Gasteiger partial charge in [-0.05, 0) is 55.0 Å². The van der Waals surface area contributed by atoms with Gasteiger partial charge in [-0.2, -0.15) is 0 Å². The highest BCUT2D eigenvalue weighted by Gasteiger charge is 2.36. The summed E-state index contributed by atoms with van der Waals surface area (Å²) in [5.74, 6) is 0.585. The number of para-hydroxylation sites is 1. The van der Waals surface area contributed by atoms with Crippen molar-refractivity contribution in [2.75, 3.05) is 13.7 Å². The van der Waals surface area contributed by atoms with Gasteiger partial charge in [0, 0.05) is 26.7 Å². The molecule has 228 valence electrons. The van der Waals surface area contributed by atoms with Crippen LogP contribution >= 0.6 is 34.5 Å². The second-order valence-electron chi connectivity index (χ2n) is 10.3. The predicted octanol–water partition coefficient (Wildman–Crippen LogP) is 6.85. The van der Waals surface area contributed by atoms with Gasteiger partial charge >= 0.3 is 5.97 Å². The van der Waals surface area contributed by atoms with E-state index in [-0.39, 0.29) is 24.3 Å². The summed E-state index contributed by atoms with van der Waals surface area (Å²) in [6, 6.07) is 23.5. The smallest absolute Gasteiger partial charge is 0.338 e. The minimum atomic E-state index is -0.831. The van der Waals surface area contributed by atoms with Gasteiger partial charge in [0.25, 0.3) is 5.56 Å². The Morgan fingerprint density at radius 3 is 2.58 bits per heavy atom. The lowest BCUT2D eigenvalue weighted by molar-refractivity contribution is -0.139. The van der Waals surface area contributed by atoms with Gasteiger partial charge in [-0.3, -0.25) is 9.36 Å². The molecule has 1 aliphatic heterocycles. The van der Waals surface area contributed by atoms with Crippen LogP contribution in [0.25, 0.3) is 16.8 Å². The summed E-state index contributed by atoms with van der Waals surface area (Å²) in [5.41, 5.74) is 2.63. The second kappa shape index (κ2) is 12.9. The van der Waals surface area contributed by atoms with Crippen molar-refractivity contribution in [3.63, 3.8) is 0 Å². The Balaban J connectivity index is 1.52. The van der Waals surface area contributed by atoms with Crippen LogP contribution in [0, 0.1) is 0 Å². The van der Waals surface area contributed by atoms with Crippen molar-refractivity contribution in [1.29, 1.82) is 0 Å². The van der Waals surface area contributed by atoms with E-state index in [1.54, 1.807) is 43.7 Å². The van der Waals surface area contributed by atoms with Gasteiger partial charge in [0.1, 0.15) is 24.1 Å². The highest BCUT2D eigenvalue weighted by atomic mass is 35.5. The molecule has 1 atom stereocenters. The molecule has 0 fully saturated rings. The third kappa shape index (κ3) is 5.89. The number of rotatable bonds is 8. The van der Waals surface area contributed by atoms with Crippen molar-refractivity contribution in [1.82, 2.24) is 4.57 Å². The Morgan fingerprint density at radius 2 is 1.80 bits per heavy atom. The van der Waals surface area contributed by atoms with Crippen molar-refractivity contribution in [3.8, 4) is 11.5 Å². The lowest BCUT2D eigenvalue weighted by atomic mass is 9.90. The van der Waals surface area contributed by atoms with Gasteiger partial charge in [-0.15, -0.1) is 0 Å². The first-order chi connectivity index (χ1) is 21.8. The van der Waals surface area contributed by atoms with Crippen molar-refractivity contribution in [2.24, 2.45) is 4.99 Å². The summed E-state index contributed by atoms with van der Waals surface area (Å²) < 4.78 is 19.5. The van der Waals surface area contributed by atoms with E-state index in [2.05, 4.69) is 0 Å². The summed E-state index contributed by atoms with van der Waals surface area (Å²) in [6.45, 7) is 3.90. The minimum Gasteiger partial charge on any atom is -0.496 e. The highest BCUT2D eigenvalue weighted by Crippen LogP contribution is 2.40. The zero-order valence-corrected chi connectivity index (χ0v) is 27.0. The van der Waals surface area contributed by atoms with Crippen LogP contribution in [0.15, 0.2) is 99.9 Å². The largest absolute Gasteiger partial charge is 0.496 e. The van der Waals surface area contributed by atoms with Crippen LogP contribution in [0.4, 0.5) is 0 Å². The first-order valence-electron chi connectivity index (χ1n) is 14.2. The van der Waals surface area contributed by atoms with Crippen LogP contribution in [0.5, 0.6) is 11.5 Å². The average molecular weight is 660 g/mol. The molecule has 1 aliphatic rings. The Morgan fingerprint density at radius 1 is 1.02 bits per heavy atom. The first kappa shape index (κ1) is 30.6. The summed E-state index contributed by atoms with van der Waals surface area (Å²) in [6.07, 6.45) is 1.78. The molecule has 7 nitrogen and oxygen atoms in total. The Bertz CT molecular complexity index is 2170. The third-order valence-corrected chi connectivity index (χ3v) is 9.11. The van der Waals surface area contributed by atoms with Gasteiger partial charge in [-0.1, -0.05) is 89.1 Å². The van der Waals surface area contributed by atoms with Crippen molar-refractivity contribution in [3.05, 3.63) is 137 Å². The fourth-order valence-electron chi connectivity index (χ4n) is 5.47. The molecule has 0 amide bonds. The zero-order chi connectivity index (χ0) is 31.7. The maximum absolute atomic E-state index is 14.3. The molecule has 4 aromatic carbocycles. The summed E-state index contributed by atoms with van der Waals surface area (Å²) >= 11 is 13.7. The number of nitrogens with zero attached hydrogens (tertiary/aromatic N) is 2. The monoisotopic (exact) mass is 658 g/mol. The number of thiazole rings is 1. The molecule has 0 N–H and O–H groups in total. The molecule has 0 radical (unpaired) electrons. The number of aromatic nitrogens is 1. The molecule has 0 aliphatic carbocycles. The number of halogens is 2. The van der Waals surface area contributed by atoms with Gasteiger partial charge in [0.05, 0.1) is 29.5 Å². The second-order valence-corrected chi connectivity index (χ2v) is 12.1. The summed E-state index contributed by atoms with van der Waals surface area (Å²) in [4.78, 5) is 33.0. The van der Waals surface area contributed by atoms with Gasteiger partial charge in [0.2, 0.25) is 0 Å². The number of ether oxygens (including phenoxy) is 3. The molecule has 0 bridgehead atoms. The van der Waals surface area contributed by atoms with Crippen LogP contribution in [0.2, 0.25) is 10.0 Å². The van der Waals surface area contributed by atoms with Crippen molar-refractivity contribution >= 4 is 57.4 Å². The molecule has 0 saturated heterocycles. The lowest BCUT2D eigenvalue weighted by Gasteiger charge is -2.27. The molecule has 45 heavy (non-hydrogen) atoms. The van der Waals surface area contributed by atoms with E-state index in [4.69, 9.17) is 42.4 Å². The number of esters is 1. The van der Waals surface area contributed by atoms with Gasteiger partial charge < -0.3 is 14.2 Å². The zero-order valence-electron chi connectivity index (χ0n) is 24.7. The topological polar surface area (TPSA) is 79.1 Å². The third-order valence-electron chi connectivity index (χ3n) is 7.54. The van der Waals surface area contributed by atoms with E-state index >= 15 is 0 Å². The van der Waals surface area contributed by atoms with Crippen molar-refractivity contribution < 1.29 is 19.0 Å². The molecule has 6 rings (SSSR count). The number of carbonyl (C=O) groups excluding carboxylic acids is 1. The maximum atomic E-state index is 14.3. The lowest BCUT2D eigenvalue weighted by Crippen LogP contribution is -2.40. The molecule has 1 aromatic heterocycles. The molecule has 5 aromatic rings. The molecule has 0 spiro atoms. The van der Waals surface area contributed by atoms with E-state index in [1.807, 2.05) is 66.7 Å². The van der Waals surface area contributed by atoms with Crippen LogP contribution < -0.4 is 24.4 Å². The number of methoxy groups -OCH3 is 1. The van der Waals surface area contributed by atoms with Crippen LogP contribution in [0.3, 0.4) is 0 Å². The Hall–Kier alpha value is -4.37. The normalized spacial score (nSPS) is 14.7. The maximum Gasteiger partial charge on any atom is 0.338 e. The molecular weight excluding hydrogens is 631 g/mol. The molecule has 0 unspecified atom stereocenters. The minimum absolute atomic E-state index is 0.178. The standard InChI is InChI=1S/C35H28Cl2N2O5S/c1-4-43-34(41)30-20(2)38-35-39(32(30)31-25-11-7-5-9-21(25)14-16-28(31)42-3)33(40)29(45-35)17-22-10-6-8-12-27(22)44-19-23-13-15-24(36)18-26(23)37/h5-18,32H,4,19H2,1-3H3/b29-17+/t32-/m1/s1. The quantitative estimate of drug-likeness (QED) is 0.171. The SMILES string of the molecule is CCOC(=O)C1=C(C)N=c2s/c(=C/c3ccccc3OCc3ccc(Cl)cc3Cl)c(=O)n2[C@H]1c1c(OC)ccc2ccccc12. The number of hydrogen-bond acceptors (Lipinski definition) is 7. The van der Waals surface area contributed by atoms with E-state index in [9.17, 15) is 9.59 Å². The van der Waals surface area contributed by atoms with Crippen LogP contribution in [0.1, 0.15) is 36.6 Å². The summed E-state index contributed by atoms with van der Waals surface area (Å²) in [7, 11) is 1.58. The molecule has 10 heteroatoms. The molecule has 0 saturated carbocycles. The fraction of sp³-hybridized carbons (Fsp3) is 0.171. The Labute approximate surface area is 273 Å². The Kier molecular flexibility index (Phi) is 8.81. The highest BCUT2D eigenvalue weighted by molar-refractivity contribution is 7.07. The average Bonchev–Trinajstić information content (AvgIpc) is 3.33. The fourth-order valence-corrected chi connectivity index (χ4v) is 6.97. The number of allylic oxidation sites excluding steroid dienone is 1. The van der Waals surface area contributed by atoms with Crippen molar-refractivity contribution in [2.45, 2.75) is 26.5 Å². The number of carbonyl (C=O) groups is 1. The van der Waals surface area contributed by atoms with Gasteiger partial charge in [0.15, 0.2) is 4.80 Å².